The Balaban J connectivity index is 1.90. The molecule has 0 bridgehead atoms. The van der Waals surface area contributed by atoms with Crippen LogP contribution in [0, 0.1) is 11.3 Å². The van der Waals surface area contributed by atoms with Crippen molar-refractivity contribution in [2.45, 2.75) is 18.1 Å². The van der Waals surface area contributed by atoms with Crippen LogP contribution < -0.4 is 10.9 Å². The van der Waals surface area contributed by atoms with Gasteiger partial charge in [0.25, 0.3) is 5.56 Å². The topological polar surface area (TPSA) is 87.8 Å². The molecule has 0 saturated heterocycles. The number of carbonyl (C=O) groups is 1. The van der Waals surface area contributed by atoms with Gasteiger partial charge in [-0.25, -0.2) is 4.98 Å². The van der Waals surface area contributed by atoms with E-state index in [1.807, 2.05) is 48.5 Å². The summed E-state index contributed by atoms with van der Waals surface area (Å²) in [4.78, 5) is 29.5. The SMILES string of the molecule is N#CCCNC(=O)CSc1nc2ccccc2c(=O)n1Cc1ccccc1. The predicted octanol–water partition coefficient (Wildman–Crippen LogP) is 2.57. The van der Waals surface area contributed by atoms with E-state index in [4.69, 9.17) is 5.26 Å². The van der Waals surface area contributed by atoms with Crippen molar-refractivity contribution in [3.8, 4) is 6.07 Å². The summed E-state index contributed by atoms with van der Waals surface area (Å²) in [5.74, 6) is -0.0609. The first-order valence-corrected chi connectivity index (χ1v) is 9.47. The second-order valence-electron chi connectivity index (χ2n) is 5.84. The maximum absolute atomic E-state index is 13.0. The van der Waals surface area contributed by atoms with Gasteiger partial charge >= 0.3 is 0 Å². The van der Waals surface area contributed by atoms with E-state index in [0.29, 0.717) is 29.1 Å². The van der Waals surface area contributed by atoms with Crippen LogP contribution in [0.1, 0.15) is 12.0 Å². The highest BCUT2D eigenvalue weighted by Crippen LogP contribution is 2.18. The summed E-state index contributed by atoms with van der Waals surface area (Å²) < 4.78 is 1.60. The molecule has 2 aromatic carbocycles. The van der Waals surface area contributed by atoms with Gasteiger partial charge < -0.3 is 5.32 Å². The van der Waals surface area contributed by atoms with Crippen molar-refractivity contribution in [3.63, 3.8) is 0 Å². The first-order valence-electron chi connectivity index (χ1n) is 8.49. The fourth-order valence-corrected chi connectivity index (χ4v) is 3.43. The minimum atomic E-state index is -0.191. The summed E-state index contributed by atoms with van der Waals surface area (Å²) in [6, 6.07) is 18.8. The first kappa shape index (κ1) is 18.7. The van der Waals surface area contributed by atoms with Crippen molar-refractivity contribution in [1.82, 2.24) is 14.9 Å². The molecule has 0 unspecified atom stereocenters. The number of fused-ring (bicyclic) bond motifs is 1. The van der Waals surface area contributed by atoms with Gasteiger partial charge in [0.15, 0.2) is 5.16 Å². The Morgan fingerprint density at radius 2 is 1.89 bits per heavy atom. The lowest BCUT2D eigenvalue weighted by molar-refractivity contribution is -0.118. The molecule has 136 valence electrons. The van der Waals surface area contributed by atoms with Crippen LogP contribution in [0.4, 0.5) is 0 Å². The monoisotopic (exact) mass is 378 g/mol. The Hall–Kier alpha value is -3.11. The number of nitrogens with one attached hydrogen (secondary N) is 1. The summed E-state index contributed by atoms with van der Waals surface area (Å²) in [6.45, 7) is 0.702. The number of thioether (sulfide) groups is 1. The maximum Gasteiger partial charge on any atom is 0.262 e. The van der Waals surface area contributed by atoms with E-state index in [0.717, 1.165) is 5.56 Å². The van der Waals surface area contributed by atoms with E-state index < -0.39 is 0 Å². The van der Waals surface area contributed by atoms with Crippen molar-refractivity contribution in [1.29, 1.82) is 5.26 Å². The van der Waals surface area contributed by atoms with Crippen molar-refractivity contribution in [2.24, 2.45) is 0 Å². The number of hydrogen-bond acceptors (Lipinski definition) is 5. The van der Waals surface area contributed by atoms with Crippen LogP contribution in [0.15, 0.2) is 64.5 Å². The number of hydrogen-bond donors (Lipinski definition) is 1. The smallest absolute Gasteiger partial charge is 0.262 e. The highest BCUT2D eigenvalue weighted by atomic mass is 32.2. The molecule has 1 N–H and O–H groups in total. The molecule has 1 heterocycles. The molecule has 0 aliphatic carbocycles. The second-order valence-corrected chi connectivity index (χ2v) is 6.78. The number of carbonyl (C=O) groups excluding carboxylic acids is 1. The van der Waals surface area contributed by atoms with Gasteiger partial charge in [0.05, 0.1) is 35.7 Å². The Labute approximate surface area is 160 Å². The van der Waals surface area contributed by atoms with Gasteiger partial charge in [0, 0.05) is 6.54 Å². The van der Waals surface area contributed by atoms with Crippen LogP contribution in [0.3, 0.4) is 0 Å². The summed E-state index contributed by atoms with van der Waals surface area (Å²) in [7, 11) is 0. The molecule has 27 heavy (non-hydrogen) atoms. The zero-order chi connectivity index (χ0) is 19.1. The van der Waals surface area contributed by atoms with Gasteiger partial charge in [-0.3, -0.25) is 14.2 Å². The van der Waals surface area contributed by atoms with Gasteiger partial charge in [-0.1, -0.05) is 54.2 Å². The van der Waals surface area contributed by atoms with Gasteiger partial charge in [-0.2, -0.15) is 5.26 Å². The van der Waals surface area contributed by atoms with Crippen LogP contribution in [-0.2, 0) is 11.3 Å². The number of rotatable bonds is 7. The van der Waals surface area contributed by atoms with E-state index in [1.54, 1.807) is 16.7 Å². The predicted molar refractivity (Wildman–Crippen MR) is 106 cm³/mol. The Bertz CT molecular complexity index is 1040. The van der Waals surface area contributed by atoms with Gasteiger partial charge in [0.2, 0.25) is 5.91 Å². The van der Waals surface area contributed by atoms with Gasteiger partial charge in [-0.15, -0.1) is 0 Å². The lowest BCUT2D eigenvalue weighted by Gasteiger charge is -2.13. The average Bonchev–Trinajstić information content (AvgIpc) is 2.70. The fraction of sp³-hybridized carbons (Fsp3) is 0.200. The molecule has 0 fully saturated rings. The molecule has 1 amide bonds. The molecular formula is C20H18N4O2S. The van der Waals surface area contributed by atoms with E-state index >= 15 is 0 Å². The zero-order valence-electron chi connectivity index (χ0n) is 14.6. The number of amides is 1. The molecule has 0 radical (unpaired) electrons. The minimum Gasteiger partial charge on any atom is -0.354 e. The zero-order valence-corrected chi connectivity index (χ0v) is 15.4. The Kier molecular flexibility index (Phi) is 6.23. The van der Waals surface area contributed by atoms with Crippen LogP contribution >= 0.6 is 11.8 Å². The van der Waals surface area contributed by atoms with Gasteiger partial charge in [0.1, 0.15) is 0 Å². The first-order chi connectivity index (χ1) is 13.2. The average molecular weight is 378 g/mol. The lowest BCUT2D eigenvalue weighted by atomic mass is 10.2. The molecule has 7 heteroatoms. The summed E-state index contributed by atoms with van der Waals surface area (Å²) in [5, 5.41) is 12.3. The largest absolute Gasteiger partial charge is 0.354 e. The van der Waals surface area contributed by atoms with E-state index in [9.17, 15) is 9.59 Å². The molecule has 0 aliphatic rings. The summed E-state index contributed by atoms with van der Waals surface area (Å²) in [5.41, 5.74) is 1.47. The quantitative estimate of drug-likeness (QED) is 0.388. The normalized spacial score (nSPS) is 10.5. The highest BCUT2D eigenvalue weighted by Gasteiger charge is 2.13. The molecule has 0 spiro atoms. The third kappa shape index (κ3) is 4.74. The molecule has 6 nitrogen and oxygen atoms in total. The summed E-state index contributed by atoms with van der Waals surface area (Å²) >= 11 is 1.22. The van der Waals surface area contributed by atoms with E-state index in [2.05, 4.69) is 10.3 Å². The lowest BCUT2D eigenvalue weighted by Crippen LogP contribution is -2.27. The second kappa shape index (κ2) is 9.01. The molecule has 0 aliphatic heterocycles. The summed E-state index contributed by atoms with van der Waals surface area (Å²) in [6.07, 6.45) is 0.267. The van der Waals surface area contributed by atoms with Crippen molar-refractivity contribution >= 4 is 28.6 Å². The van der Waals surface area contributed by atoms with Crippen LogP contribution in [0.5, 0.6) is 0 Å². The van der Waals surface area contributed by atoms with Crippen LogP contribution in [-0.4, -0.2) is 27.8 Å². The third-order valence-corrected chi connectivity index (χ3v) is 4.88. The van der Waals surface area contributed by atoms with Crippen LogP contribution in [0.2, 0.25) is 0 Å². The minimum absolute atomic E-state index is 0.128. The highest BCUT2D eigenvalue weighted by molar-refractivity contribution is 7.99. The maximum atomic E-state index is 13.0. The number of para-hydroxylation sites is 1. The van der Waals surface area contributed by atoms with Gasteiger partial charge in [-0.05, 0) is 17.7 Å². The Morgan fingerprint density at radius 3 is 2.67 bits per heavy atom. The van der Waals surface area contributed by atoms with E-state index in [-0.39, 0.29) is 23.6 Å². The number of nitriles is 1. The van der Waals surface area contributed by atoms with Crippen molar-refractivity contribution in [2.75, 3.05) is 12.3 Å². The van der Waals surface area contributed by atoms with Crippen LogP contribution in [0.25, 0.3) is 10.9 Å². The Morgan fingerprint density at radius 1 is 1.15 bits per heavy atom. The van der Waals surface area contributed by atoms with Crippen molar-refractivity contribution < 1.29 is 4.79 Å². The van der Waals surface area contributed by atoms with Crippen molar-refractivity contribution in [3.05, 3.63) is 70.5 Å². The standard InChI is InChI=1S/C20H18N4O2S/c21-11-6-12-22-18(25)14-27-20-23-17-10-5-4-9-16(17)19(26)24(20)13-15-7-2-1-3-8-15/h1-5,7-10H,6,12-14H2,(H,22,25). The molecule has 1 aromatic heterocycles. The molecule has 0 saturated carbocycles. The fourth-order valence-electron chi connectivity index (χ4n) is 2.60. The molecule has 0 atom stereocenters. The number of nitrogens with zero attached hydrogens (tertiary/aromatic N) is 3. The molecular weight excluding hydrogens is 360 g/mol. The molecule has 3 aromatic rings. The number of benzene rings is 2. The van der Waals surface area contributed by atoms with E-state index in [1.165, 1.54) is 11.8 Å². The number of aromatic nitrogens is 2. The third-order valence-electron chi connectivity index (χ3n) is 3.90. The molecule has 3 rings (SSSR count).